The van der Waals surface area contributed by atoms with Crippen molar-refractivity contribution in [3.05, 3.63) is 35.5 Å². The zero-order chi connectivity index (χ0) is 20.1. The normalized spacial score (nSPS) is 18.8. The summed E-state index contributed by atoms with van der Waals surface area (Å²) in [6.45, 7) is 2.32. The Kier molecular flexibility index (Phi) is 6.53. The lowest BCUT2D eigenvalue weighted by molar-refractivity contribution is -0.140. The monoisotopic (exact) mass is 389 g/mol. The highest BCUT2D eigenvalue weighted by Gasteiger charge is 2.32. The van der Waals surface area contributed by atoms with E-state index in [0.29, 0.717) is 6.04 Å². The second kappa shape index (κ2) is 9.07. The van der Waals surface area contributed by atoms with Gasteiger partial charge in [-0.15, -0.1) is 0 Å². The van der Waals surface area contributed by atoms with E-state index in [9.17, 15) is 9.59 Å². The van der Waals surface area contributed by atoms with Crippen molar-refractivity contribution in [2.75, 3.05) is 57.9 Å². The van der Waals surface area contributed by atoms with Crippen LogP contribution in [0.3, 0.4) is 0 Å². The second-order valence-electron chi connectivity index (χ2n) is 6.98. The Morgan fingerprint density at radius 3 is 2.32 bits per heavy atom. The van der Waals surface area contributed by atoms with Gasteiger partial charge in [0.05, 0.1) is 26.4 Å². The first-order valence-corrected chi connectivity index (χ1v) is 9.33. The number of methoxy groups -OCH3 is 2. The van der Waals surface area contributed by atoms with E-state index in [1.165, 1.54) is 14.2 Å². The minimum absolute atomic E-state index is 0.00335. The molecule has 0 atom stereocenters. The fourth-order valence-corrected chi connectivity index (χ4v) is 3.47. The van der Waals surface area contributed by atoms with Crippen LogP contribution < -0.4 is 10.2 Å². The van der Waals surface area contributed by atoms with Gasteiger partial charge < -0.3 is 29.3 Å². The Bertz CT molecular complexity index is 739. The molecule has 0 amide bonds. The Hall–Kier alpha value is -2.58. The molecule has 152 valence electrons. The molecule has 3 rings (SSSR count). The molecule has 0 unspecified atom stereocenters. The van der Waals surface area contributed by atoms with Crippen LogP contribution in [0, 0.1) is 0 Å². The molecule has 1 aromatic rings. The van der Waals surface area contributed by atoms with Gasteiger partial charge in [-0.2, -0.15) is 0 Å². The van der Waals surface area contributed by atoms with E-state index in [4.69, 9.17) is 14.2 Å². The molecule has 0 bridgehead atoms. The number of likely N-dealkylation sites (tertiary alicyclic amines) is 1. The van der Waals surface area contributed by atoms with Crippen LogP contribution in [0.15, 0.2) is 35.5 Å². The molecule has 1 fully saturated rings. The molecule has 8 heteroatoms. The van der Waals surface area contributed by atoms with Crippen molar-refractivity contribution < 1.29 is 23.8 Å². The zero-order valence-electron chi connectivity index (χ0n) is 16.6. The second-order valence-corrected chi connectivity index (χ2v) is 6.98. The molecule has 1 saturated heterocycles. The third-order valence-corrected chi connectivity index (χ3v) is 5.10. The van der Waals surface area contributed by atoms with Crippen molar-refractivity contribution in [1.29, 1.82) is 0 Å². The molecule has 0 aromatic heterocycles. The van der Waals surface area contributed by atoms with Gasteiger partial charge in [-0.3, -0.25) is 0 Å². The number of benzene rings is 1. The van der Waals surface area contributed by atoms with Crippen molar-refractivity contribution in [2.45, 2.75) is 18.9 Å². The van der Waals surface area contributed by atoms with Crippen LogP contribution in [0.5, 0.6) is 0 Å². The summed E-state index contributed by atoms with van der Waals surface area (Å²) in [5, 5.41) is 3.56. The predicted molar refractivity (Wildman–Crippen MR) is 105 cm³/mol. The van der Waals surface area contributed by atoms with Gasteiger partial charge in [0.2, 0.25) is 0 Å². The summed E-state index contributed by atoms with van der Waals surface area (Å²) in [5.41, 5.74) is 2.05. The minimum Gasteiger partial charge on any atom is -0.466 e. The molecule has 0 aliphatic carbocycles. The number of esters is 2. The van der Waals surface area contributed by atoms with Crippen LogP contribution in [0.4, 0.5) is 11.4 Å². The predicted octanol–water partition coefficient (Wildman–Crippen LogP) is 1.59. The van der Waals surface area contributed by atoms with Crippen molar-refractivity contribution in [1.82, 2.24) is 4.90 Å². The first kappa shape index (κ1) is 20.2. The maximum atomic E-state index is 12.3. The van der Waals surface area contributed by atoms with Crippen molar-refractivity contribution >= 4 is 23.3 Å². The summed E-state index contributed by atoms with van der Waals surface area (Å²) >= 11 is 0. The molecule has 28 heavy (non-hydrogen) atoms. The van der Waals surface area contributed by atoms with Gasteiger partial charge in [0.1, 0.15) is 12.4 Å². The quantitative estimate of drug-likeness (QED) is 0.761. The lowest BCUT2D eigenvalue weighted by Crippen LogP contribution is -2.38. The lowest BCUT2D eigenvalue weighted by Gasteiger charge is -2.32. The van der Waals surface area contributed by atoms with E-state index in [1.807, 2.05) is 24.3 Å². The topological polar surface area (TPSA) is 80.3 Å². The van der Waals surface area contributed by atoms with E-state index in [0.717, 1.165) is 37.3 Å². The smallest absolute Gasteiger partial charge is 0.355 e. The molecular weight excluding hydrogens is 362 g/mol. The molecule has 2 aliphatic rings. The standard InChI is InChI=1S/C20H27N3O5/c1-22-10-8-15(9-11-22)21-14-4-6-16(7-5-14)23-13-28-12-17(19(24)26-2)18(23)20(25)27-3/h4-7,15,21H,8-13H2,1-3H3. The molecule has 2 aliphatic heterocycles. The van der Waals surface area contributed by atoms with Gasteiger partial charge in [-0.05, 0) is 57.2 Å². The summed E-state index contributed by atoms with van der Waals surface area (Å²) in [4.78, 5) is 28.4. The number of hydrogen-bond donors (Lipinski definition) is 1. The van der Waals surface area contributed by atoms with E-state index in [2.05, 4.69) is 17.3 Å². The fraction of sp³-hybridized carbons (Fsp3) is 0.500. The molecule has 1 aromatic carbocycles. The molecule has 8 nitrogen and oxygen atoms in total. The number of nitrogens with one attached hydrogen (secondary N) is 1. The highest BCUT2D eigenvalue weighted by Crippen LogP contribution is 2.28. The van der Waals surface area contributed by atoms with Crippen LogP contribution in [-0.4, -0.2) is 70.6 Å². The van der Waals surface area contributed by atoms with E-state index >= 15 is 0 Å². The number of piperidine rings is 1. The summed E-state index contributed by atoms with van der Waals surface area (Å²) < 4.78 is 15.2. The molecule has 0 radical (unpaired) electrons. The highest BCUT2D eigenvalue weighted by molar-refractivity contribution is 6.03. The summed E-state index contributed by atoms with van der Waals surface area (Å²) in [6, 6.07) is 8.18. The molecular formula is C20H27N3O5. The van der Waals surface area contributed by atoms with Gasteiger partial charge in [0, 0.05) is 17.4 Å². The molecule has 1 N–H and O–H groups in total. The van der Waals surface area contributed by atoms with E-state index in [1.54, 1.807) is 4.90 Å². The van der Waals surface area contributed by atoms with Crippen LogP contribution in [-0.2, 0) is 23.8 Å². The third-order valence-electron chi connectivity index (χ3n) is 5.10. The SMILES string of the molecule is COC(=O)C1=C(C(=O)OC)N(c2ccc(NC3CCN(C)CC3)cc2)COC1. The Morgan fingerprint density at radius 2 is 1.71 bits per heavy atom. The van der Waals surface area contributed by atoms with Crippen LogP contribution in [0.2, 0.25) is 0 Å². The largest absolute Gasteiger partial charge is 0.466 e. The molecule has 0 spiro atoms. The van der Waals surface area contributed by atoms with Gasteiger partial charge >= 0.3 is 11.9 Å². The van der Waals surface area contributed by atoms with Gasteiger partial charge in [0.25, 0.3) is 0 Å². The fourth-order valence-electron chi connectivity index (χ4n) is 3.47. The number of carbonyl (C=O) groups excluding carboxylic acids is 2. The number of carbonyl (C=O) groups is 2. The molecule has 2 heterocycles. The maximum absolute atomic E-state index is 12.3. The summed E-state index contributed by atoms with van der Waals surface area (Å²) in [6.07, 6.45) is 2.21. The average molecular weight is 389 g/mol. The van der Waals surface area contributed by atoms with Crippen molar-refractivity contribution in [3.8, 4) is 0 Å². The van der Waals surface area contributed by atoms with Crippen molar-refractivity contribution in [3.63, 3.8) is 0 Å². The Labute approximate surface area is 165 Å². The number of rotatable bonds is 5. The summed E-state index contributed by atoms with van der Waals surface area (Å²) in [5.74, 6) is -1.21. The maximum Gasteiger partial charge on any atom is 0.355 e. The van der Waals surface area contributed by atoms with Crippen LogP contribution >= 0.6 is 0 Å². The van der Waals surface area contributed by atoms with E-state index < -0.39 is 11.9 Å². The van der Waals surface area contributed by atoms with Crippen molar-refractivity contribution in [2.24, 2.45) is 0 Å². The van der Waals surface area contributed by atoms with Crippen LogP contribution in [0.1, 0.15) is 12.8 Å². The number of hydrogen-bond acceptors (Lipinski definition) is 8. The van der Waals surface area contributed by atoms with Gasteiger partial charge in [0.15, 0.2) is 0 Å². The number of ether oxygens (including phenoxy) is 3. The number of nitrogens with zero attached hydrogens (tertiary/aromatic N) is 2. The summed E-state index contributed by atoms with van der Waals surface area (Å²) in [7, 11) is 4.69. The molecule has 0 saturated carbocycles. The first-order chi connectivity index (χ1) is 13.5. The zero-order valence-corrected chi connectivity index (χ0v) is 16.6. The Morgan fingerprint density at radius 1 is 1.07 bits per heavy atom. The lowest BCUT2D eigenvalue weighted by atomic mass is 10.1. The first-order valence-electron chi connectivity index (χ1n) is 9.33. The third kappa shape index (κ3) is 4.45. The minimum atomic E-state index is -0.606. The highest BCUT2D eigenvalue weighted by atomic mass is 16.5. The average Bonchev–Trinajstić information content (AvgIpc) is 2.74. The van der Waals surface area contributed by atoms with E-state index in [-0.39, 0.29) is 24.6 Å². The number of anilines is 2. The van der Waals surface area contributed by atoms with Crippen LogP contribution in [0.25, 0.3) is 0 Å². The van der Waals surface area contributed by atoms with Gasteiger partial charge in [-0.25, -0.2) is 9.59 Å². The van der Waals surface area contributed by atoms with Gasteiger partial charge in [-0.1, -0.05) is 0 Å². The Balaban J connectivity index is 1.79.